The van der Waals surface area contributed by atoms with E-state index in [4.69, 9.17) is 21.1 Å². The number of aliphatic hydroxyl groups excluding tert-OH is 1. The summed E-state index contributed by atoms with van der Waals surface area (Å²) < 4.78 is 10.6. The van der Waals surface area contributed by atoms with Crippen molar-refractivity contribution in [3.63, 3.8) is 0 Å². The number of hydrogen-bond acceptors (Lipinski definition) is 6. The van der Waals surface area contributed by atoms with Crippen molar-refractivity contribution in [2.75, 3.05) is 46.5 Å². The number of hydrogen-bond donors (Lipinski definition) is 1. The van der Waals surface area contributed by atoms with Crippen LogP contribution < -0.4 is 4.74 Å². The van der Waals surface area contributed by atoms with Crippen molar-refractivity contribution in [2.45, 2.75) is 13.0 Å². The summed E-state index contributed by atoms with van der Waals surface area (Å²) in [7, 11) is 1.50. The van der Waals surface area contributed by atoms with Crippen molar-refractivity contribution in [2.24, 2.45) is 0 Å². The fourth-order valence-electron chi connectivity index (χ4n) is 4.25. The number of carbonyl (C=O) groups excluding carboxylic acids is 2. The Labute approximate surface area is 198 Å². The summed E-state index contributed by atoms with van der Waals surface area (Å²) in [6, 6.07) is 11.7. The van der Waals surface area contributed by atoms with Gasteiger partial charge in [-0.2, -0.15) is 0 Å². The Morgan fingerprint density at radius 1 is 1.12 bits per heavy atom. The van der Waals surface area contributed by atoms with Gasteiger partial charge in [-0.3, -0.25) is 14.5 Å². The number of methoxy groups -OCH3 is 1. The van der Waals surface area contributed by atoms with E-state index in [1.165, 1.54) is 13.2 Å². The van der Waals surface area contributed by atoms with Crippen LogP contribution in [0.25, 0.3) is 5.76 Å². The van der Waals surface area contributed by atoms with Crippen LogP contribution in [0, 0.1) is 6.92 Å². The molecule has 2 heterocycles. The molecule has 2 saturated heterocycles. The topological polar surface area (TPSA) is 79.3 Å². The van der Waals surface area contributed by atoms with Crippen molar-refractivity contribution in [3.05, 3.63) is 69.8 Å². The number of nitrogens with zero attached hydrogens (tertiary/aromatic N) is 2. The predicted octanol–water partition coefficient (Wildman–Crippen LogP) is 3.41. The van der Waals surface area contributed by atoms with Crippen molar-refractivity contribution >= 4 is 29.1 Å². The average Bonchev–Trinajstić information content (AvgIpc) is 3.08. The van der Waals surface area contributed by atoms with Crippen LogP contribution in [0.15, 0.2) is 48.0 Å². The van der Waals surface area contributed by atoms with Crippen LogP contribution in [0.3, 0.4) is 0 Å². The Balaban J connectivity index is 1.74. The maximum Gasteiger partial charge on any atom is 0.295 e. The van der Waals surface area contributed by atoms with E-state index in [-0.39, 0.29) is 11.3 Å². The predicted molar refractivity (Wildman–Crippen MR) is 125 cm³/mol. The Hall–Kier alpha value is -2.87. The number of aliphatic hydroxyl groups is 1. The Bertz CT molecular complexity index is 1080. The number of rotatable bonds is 6. The second-order valence-electron chi connectivity index (χ2n) is 8.21. The third kappa shape index (κ3) is 4.76. The lowest BCUT2D eigenvalue weighted by Crippen LogP contribution is -2.42. The molecule has 0 aromatic heterocycles. The number of aryl methyl sites for hydroxylation is 1. The number of ether oxygens (including phenoxy) is 2. The molecule has 1 amide bonds. The summed E-state index contributed by atoms with van der Waals surface area (Å²) in [6.45, 7) is 5.82. The van der Waals surface area contributed by atoms with E-state index in [2.05, 4.69) is 4.90 Å². The van der Waals surface area contributed by atoms with E-state index >= 15 is 0 Å². The van der Waals surface area contributed by atoms with Crippen molar-refractivity contribution in [3.8, 4) is 5.75 Å². The molecule has 1 unspecified atom stereocenters. The van der Waals surface area contributed by atoms with E-state index in [1.54, 1.807) is 17.0 Å². The number of Topliss-reactive ketones (excluding diaryl/α,β-unsaturated/α-hetero) is 1. The highest BCUT2D eigenvalue weighted by atomic mass is 35.5. The van der Waals surface area contributed by atoms with Gasteiger partial charge in [0.05, 0.1) is 37.0 Å². The molecule has 1 N–H and O–H groups in total. The molecule has 0 saturated carbocycles. The van der Waals surface area contributed by atoms with Gasteiger partial charge in [0.25, 0.3) is 11.7 Å². The van der Waals surface area contributed by atoms with E-state index < -0.39 is 17.7 Å². The summed E-state index contributed by atoms with van der Waals surface area (Å²) in [4.78, 5) is 30.0. The molecule has 0 spiro atoms. The molecule has 8 heteroatoms. The molecule has 4 rings (SSSR count). The smallest absolute Gasteiger partial charge is 0.295 e. The van der Waals surface area contributed by atoms with E-state index in [0.717, 1.165) is 24.2 Å². The van der Waals surface area contributed by atoms with Gasteiger partial charge in [0, 0.05) is 31.7 Å². The lowest BCUT2D eigenvalue weighted by atomic mass is 9.94. The number of amides is 1. The van der Waals surface area contributed by atoms with Crippen LogP contribution in [-0.4, -0.2) is 73.1 Å². The van der Waals surface area contributed by atoms with Crippen LogP contribution in [-0.2, 0) is 14.3 Å². The molecular formula is C25H27ClN2O5. The monoisotopic (exact) mass is 470 g/mol. The van der Waals surface area contributed by atoms with Crippen LogP contribution in [0.4, 0.5) is 0 Å². The van der Waals surface area contributed by atoms with Gasteiger partial charge < -0.3 is 19.5 Å². The first-order valence-electron chi connectivity index (χ1n) is 10.9. The quantitative estimate of drug-likeness (QED) is 0.396. The molecule has 174 valence electrons. The second-order valence-corrected chi connectivity index (χ2v) is 8.61. The summed E-state index contributed by atoms with van der Waals surface area (Å²) in [5, 5.41) is 11.5. The summed E-state index contributed by atoms with van der Waals surface area (Å²) in [5.41, 5.74) is 2.24. The fraction of sp³-hybridized carbons (Fsp3) is 0.360. The van der Waals surface area contributed by atoms with Crippen LogP contribution >= 0.6 is 11.6 Å². The highest BCUT2D eigenvalue weighted by Crippen LogP contribution is 2.40. The van der Waals surface area contributed by atoms with Gasteiger partial charge in [-0.05, 0) is 30.7 Å². The number of carbonyl (C=O) groups is 2. The summed E-state index contributed by atoms with van der Waals surface area (Å²) >= 11 is 6.24. The Morgan fingerprint density at radius 3 is 2.45 bits per heavy atom. The minimum absolute atomic E-state index is 0.0621. The molecule has 0 radical (unpaired) electrons. The molecule has 2 aliphatic rings. The zero-order valence-electron chi connectivity index (χ0n) is 18.7. The molecule has 7 nitrogen and oxygen atoms in total. The van der Waals surface area contributed by atoms with Gasteiger partial charge in [-0.25, -0.2) is 0 Å². The Morgan fingerprint density at radius 2 is 1.82 bits per heavy atom. The van der Waals surface area contributed by atoms with E-state index in [0.29, 0.717) is 42.6 Å². The highest BCUT2D eigenvalue weighted by molar-refractivity contribution is 6.46. The van der Waals surface area contributed by atoms with Gasteiger partial charge >= 0.3 is 0 Å². The van der Waals surface area contributed by atoms with Crippen LogP contribution in [0.5, 0.6) is 5.75 Å². The number of morpholine rings is 1. The summed E-state index contributed by atoms with van der Waals surface area (Å²) in [6.07, 6.45) is 0. The van der Waals surface area contributed by atoms with Crippen molar-refractivity contribution in [1.29, 1.82) is 0 Å². The van der Waals surface area contributed by atoms with Crippen molar-refractivity contribution < 1.29 is 24.2 Å². The first-order chi connectivity index (χ1) is 15.9. The van der Waals surface area contributed by atoms with E-state index in [9.17, 15) is 14.7 Å². The third-order valence-corrected chi connectivity index (χ3v) is 6.41. The van der Waals surface area contributed by atoms with Gasteiger partial charge in [0.15, 0.2) is 0 Å². The van der Waals surface area contributed by atoms with Gasteiger partial charge in [-0.15, -0.1) is 0 Å². The molecular weight excluding hydrogens is 444 g/mol. The zero-order chi connectivity index (χ0) is 23.5. The van der Waals surface area contributed by atoms with E-state index in [1.807, 2.05) is 31.2 Å². The molecule has 33 heavy (non-hydrogen) atoms. The molecule has 0 bridgehead atoms. The molecule has 0 aliphatic carbocycles. The van der Waals surface area contributed by atoms with Crippen LogP contribution in [0.2, 0.25) is 5.02 Å². The minimum Gasteiger partial charge on any atom is -0.507 e. The van der Waals surface area contributed by atoms with Gasteiger partial charge in [-0.1, -0.05) is 41.4 Å². The SMILES string of the molecule is COc1ccc(/C(O)=C2/C(=O)C(=O)N(CCN3CCOCC3)C2c2ccc(C)cc2)cc1Cl. The first-order valence-corrected chi connectivity index (χ1v) is 11.3. The molecule has 2 aliphatic heterocycles. The molecule has 2 aromatic carbocycles. The minimum atomic E-state index is -0.702. The second kappa shape index (κ2) is 9.95. The number of likely N-dealkylation sites (tertiary alicyclic amines) is 1. The van der Waals surface area contributed by atoms with Gasteiger partial charge in [0.1, 0.15) is 11.5 Å². The molecule has 2 aromatic rings. The first kappa shape index (κ1) is 23.3. The maximum absolute atomic E-state index is 13.1. The molecule has 2 fully saturated rings. The lowest BCUT2D eigenvalue weighted by molar-refractivity contribution is -0.140. The normalized spacial score (nSPS) is 20.9. The maximum atomic E-state index is 13.1. The Kier molecular flexibility index (Phi) is 7.02. The summed E-state index contributed by atoms with van der Waals surface area (Å²) in [5.74, 6) is -1.12. The van der Waals surface area contributed by atoms with Gasteiger partial charge in [0.2, 0.25) is 0 Å². The third-order valence-electron chi connectivity index (χ3n) is 6.12. The average molecular weight is 471 g/mol. The van der Waals surface area contributed by atoms with Crippen molar-refractivity contribution in [1.82, 2.24) is 9.80 Å². The standard InChI is InChI=1S/C25H27ClN2O5/c1-16-3-5-17(6-4-16)22-21(23(29)18-7-8-20(32-2)19(26)15-18)24(30)25(31)28(22)10-9-27-11-13-33-14-12-27/h3-8,15,22,29H,9-14H2,1-2H3/b23-21-. The zero-order valence-corrected chi connectivity index (χ0v) is 19.5. The highest BCUT2D eigenvalue weighted by Gasteiger charge is 2.46. The number of benzene rings is 2. The largest absolute Gasteiger partial charge is 0.507 e. The number of ketones is 1. The van der Waals surface area contributed by atoms with Crippen LogP contribution in [0.1, 0.15) is 22.7 Å². The fourth-order valence-corrected chi connectivity index (χ4v) is 4.51. The number of halogens is 1. The lowest BCUT2D eigenvalue weighted by Gasteiger charge is -2.31. The molecule has 1 atom stereocenters.